The Hall–Kier alpha value is -2.52. The van der Waals surface area contributed by atoms with Gasteiger partial charge in [0.1, 0.15) is 0 Å². The van der Waals surface area contributed by atoms with Crippen LogP contribution < -0.4 is 10.2 Å². The van der Waals surface area contributed by atoms with E-state index in [0.29, 0.717) is 5.56 Å². The van der Waals surface area contributed by atoms with Crippen molar-refractivity contribution in [2.24, 2.45) is 0 Å². The van der Waals surface area contributed by atoms with Crippen LogP contribution in [0.25, 0.3) is 10.2 Å². The molecular formula is C23H26N4O3S. The summed E-state index contributed by atoms with van der Waals surface area (Å²) < 4.78 is 11.9. The lowest BCUT2D eigenvalue weighted by atomic mass is 10.1. The molecule has 7 nitrogen and oxygen atoms in total. The molecule has 2 aromatic carbocycles. The third-order valence-corrected chi connectivity index (χ3v) is 6.69. The van der Waals surface area contributed by atoms with E-state index >= 15 is 0 Å². The number of carbonyl (C=O) groups is 1. The van der Waals surface area contributed by atoms with Crippen molar-refractivity contribution in [2.75, 3.05) is 62.8 Å². The summed E-state index contributed by atoms with van der Waals surface area (Å²) in [5.41, 5.74) is 3.55. The highest BCUT2D eigenvalue weighted by atomic mass is 32.1. The number of aromatic nitrogens is 1. The number of benzene rings is 2. The van der Waals surface area contributed by atoms with Crippen molar-refractivity contribution in [3.63, 3.8) is 0 Å². The van der Waals surface area contributed by atoms with Crippen molar-refractivity contribution >= 4 is 38.3 Å². The molecule has 1 amide bonds. The Balaban J connectivity index is 1.27. The number of hydrogen-bond acceptors (Lipinski definition) is 7. The molecule has 162 valence electrons. The van der Waals surface area contributed by atoms with Crippen LogP contribution in [-0.4, -0.2) is 68.4 Å². The van der Waals surface area contributed by atoms with Gasteiger partial charge in [-0.2, -0.15) is 0 Å². The van der Waals surface area contributed by atoms with Gasteiger partial charge >= 0.3 is 0 Å². The molecule has 0 unspecified atom stereocenters. The van der Waals surface area contributed by atoms with Crippen molar-refractivity contribution in [3.05, 3.63) is 53.6 Å². The van der Waals surface area contributed by atoms with Gasteiger partial charge in [0.25, 0.3) is 5.91 Å². The summed E-state index contributed by atoms with van der Waals surface area (Å²) in [7, 11) is 0. The van der Waals surface area contributed by atoms with Gasteiger partial charge < -0.3 is 19.7 Å². The smallest absolute Gasteiger partial charge is 0.255 e. The van der Waals surface area contributed by atoms with E-state index in [9.17, 15) is 4.79 Å². The van der Waals surface area contributed by atoms with Crippen LogP contribution in [0.4, 0.5) is 10.8 Å². The highest BCUT2D eigenvalue weighted by Gasteiger charge is 2.16. The molecule has 0 atom stereocenters. The van der Waals surface area contributed by atoms with E-state index in [1.165, 1.54) is 0 Å². The SMILES string of the molecule is O=C(Nc1ccc2nc(N3CCOCC3)sc2c1)c1cccc(CN2CCOCC2)c1. The summed E-state index contributed by atoms with van der Waals surface area (Å²) in [4.78, 5) is 22.2. The molecule has 3 aromatic rings. The van der Waals surface area contributed by atoms with E-state index in [1.807, 2.05) is 36.4 Å². The summed E-state index contributed by atoms with van der Waals surface area (Å²) in [6, 6.07) is 13.8. The van der Waals surface area contributed by atoms with E-state index in [1.54, 1.807) is 11.3 Å². The van der Waals surface area contributed by atoms with Gasteiger partial charge in [-0.05, 0) is 35.9 Å². The monoisotopic (exact) mass is 438 g/mol. The van der Waals surface area contributed by atoms with E-state index < -0.39 is 0 Å². The fourth-order valence-electron chi connectivity index (χ4n) is 3.91. The van der Waals surface area contributed by atoms with Crippen LogP contribution in [0.5, 0.6) is 0 Å². The van der Waals surface area contributed by atoms with Gasteiger partial charge in [0.15, 0.2) is 5.13 Å². The largest absolute Gasteiger partial charge is 0.379 e. The summed E-state index contributed by atoms with van der Waals surface area (Å²) >= 11 is 1.65. The number of hydrogen-bond donors (Lipinski definition) is 1. The maximum Gasteiger partial charge on any atom is 0.255 e. The van der Waals surface area contributed by atoms with Crippen LogP contribution in [0.3, 0.4) is 0 Å². The molecule has 2 fully saturated rings. The van der Waals surface area contributed by atoms with Crippen LogP contribution in [-0.2, 0) is 16.0 Å². The van der Waals surface area contributed by atoms with Gasteiger partial charge in [0, 0.05) is 44.0 Å². The summed E-state index contributed by atoms with van der Waals surface area (Å²) in [5, 5.41) is 4.05. The highest BCUT2D eigenvalue weighted by molar-refractivity contribution is 7.22. The molecule has 1 aromatic heterocycles. The predicted octanol–water partition coefficient (Wildman–Crippen LogP) is 3.22. The number of thiazole rings is 1. The number of nitrogens with zero attached hydrogens (tertiary/aromatic N) is 3. The van der Waals surface area contributed by atoms with Crippen molar-refractivity contribution in [1.82, 2.24) is 9.88 Å². The maximum absolute atomic E-state index is 12.9. The first kappa shape index (κ1) is 20.4. The summed E-state index contributed by atoms with van der Waals surface area (Å²) in [6.45, 7) is 7.44. The Morgan fingerprint density at radius 2 is 1.77 bits per heavy atom. The zero-order valence-electron chi connectivity index (χ0n) is 17.4. The second kappa shape index (κ2) is 9.32. The topological polar surface area (TPSA) is 66.9 Å². The highest BCUT2D eigenvalue weighted by Crippen LogP contribution is 2.31. The Morgan fingerprint density at radius 1 is 1.00 bits per heavy atom. The zero-order valence-corrected chi connectivity index (χ0v) is 18.2. The minimum atomic E-state index is -0.0962. The summed E-state index contributed by atoms with van der Waals surface area (Å²) in [5.74, 6) is -0.0962. The Kier molecular flexibility index (Phi) is 6.13. The molecule has 2 aliphatic rings. The van der Waals surface area contributed by atoms with Gasteiger partial charge in [-0.15, -0.1) is 0 Å². The van der Waals surface area contributed by atoms with Crippen molar-refractivity contribution in [1.29, 1.82) is 0 Å². The quantitative estimate of drug-likeness (QED) is 0.660. The Morgan fingerprint density at radius 3 is 2.58 bits per heavy atom. The lowest BCUT2D eigenvalue weighted by Gasteiger charge is -2.26. The van der Waals surface area contributed by atoms with Gasteiger partial charge in [-0.1, -0.05) is 23.5 Å². The zero-order chi connectivity index (χ0) is 21.0. The van der Waals surface area contributed by atoms with E-state index in [2.05, 4.69) is 21.2 Å². The van der Waals surface area contributed by atoms with E-state index in [-0.39, 0.29) is 5.91 Å². The van der Waals surface area contributed by atoms with Gasteiger partial charge in [-0.25, -0.2) is 4.98 Å². The fourth-order valence-corrected chi connectivity index (χ4v) is 4.97. The number of carbonyl (C=O) groups excluding carboxylic acids is 1. The van der Waals surface area contributed by atoms with Gasteiger partial charge in [0.05, 0.1) is 36.6 Å². The standard InChI is InChI=1S/C23H26N4O3S/c28-22(18-3-1-2-17(14-18)16-26-6-10-29-11-7-26)24-19-4-5-20-21(15-19)31-23(25-20)27-8-12-30-13-9-27/h1-5,14-15H,6-13,16H2,(H,24,28). The molecule has 0 aliphatic carbocycles. The molecule has 0 bridgehead atoms. The average molecular weight is 439 g/mol. The van der Waals surface area contributed by atoms with Crippen LogP contribution >= 0.6 is 11.3 Å². The molecule has 2 aliphatic heterocycles. The van der Waals surface area contributed by atoms with Gasteiger partial charge in [0.2, 0.25) is 0 Å². The first-order valence-electron chi connectivity index (χ1n) is 10.7. The number of anilines is 2. The van der Waals surface area contributed by atoms with Crippen molar-refractivity contribution < 1.29 is 14.3 Å². The number of amides is 1. The normalized spacial score (nSPS) is 17.7. The second-order valence-corrected chi connectivity index (χ2v) is 8.83. The minimum Gasteiger partial charge on any atom is -0.379 e. The molecule has 8 heteroatoms. The molecule has 31 heavy (non-hydrogen) atoms. The number of ether oxygens (including phenoxy) is 2. The third-order valence-electron chi connectivity index (χ3n) is 5.62. The number of nitrogens with one attached hydrogen (secondary N) is 1. The molecule has 0 spiro atoms. The second-order valence-electron chi connectivity index (χ2n) is 7.82. The molecule has 0 radical (unpaired) electrons. The van der Waals surface area contributed by atoms with Crippen LogP contribution in [0.2, 0.25) is 0 Å². The lowest BCUT2D eigenvalue weighted by molar-refractivity contribution is 0.0342. The van der Waals surface area contributed by atoms with Crippen molar-refractivity contribution in [2.45, 2.75) is 6.54 Å². The van der Waals surface area contributed by atoms with Crippen LogP contribution in [0.15, 0.2) is 42.5 Å². The molecule has 1 N–H and O–H groups in total. The predicted molar refractivity (Wildman–Crippen MR) is 123 cm³/mol. The third kappa shape index (κ3) is 4.88. The summed E-state index contributed by atoms with van der Waals surface area (Å²) in [6.07, 6.45) is 0. The Bertz CT molecular complexity index is 1060. The first-order chi connectivity index (χ1) is 15.2. The van der Waals surface area contributed by atoms with Crippen molar-refractivity contribution in [3.8, 4) is 0 Å². The molecule has 3 heterocycles. The number of rotatable bonds is 5. The van der Waals surface area contributed by atoms with Crippen LogP contribution in [0, 0.1) is 0 Å². The van der Waals surface area contributed by atoms with E-state index in [4.69, 9.17) is 14.5 Å². The number of fused-ring (bicyclic) bond motifs is 1. The first-order valence-corrected chi connectivity index (χ1v) is 11.5. The molecule has 5 rings (SSSR count). The fraction of sp³-hybridized carbons (Fsp3) is 0.391. The minimum absolute atomic E-state index is 0.0962. The lowest BCUT2D eigenvalue weighted by Crippen LogP contribution is -2.36. The van der Waals surface area contributed by atoms with E-state index in [0.717, 1.165) is 85.8 Å². The maximum atomic E-state index is 12.9. The van der Waals surface area contributed by atoms with Gasteiger partial charge in [-0.3, -0.25) is 9.69 Å². The number of morpholine rings is 2. The molecule has 2 saturated heterocycles. The Labute approximate surface area is 185 Å². The average Bonchev–Trinajstić information content (AvgIpc) is 3.24. The van der Waals surface area contributed by atoms with Crippen LogP contribution in [0.1, 0.15) is 15.9 Å². The molecular weight excluding hydrogens is 412 g/mol. The molecule has 0 saturated carbocycles.